The number of carbonyl (C=O) groups is 1. The standard InChI is InChI=1S/C31H31ClN4O3/c1-21-18-33-31(32)34-29(21)24-8-10-25(11-9-24)36(30(39)27-13-12-26(37)17-28(27)38)20-23-7-5-6-22(16-23)19-35-14-3-2-4-15-35/h5-13,16-18,37-38H,2-4,14-15,19-20H2,1H3. The van der Waals surface area contributed by atoms with Gasteiger partial charge in [0, 0.05) is 30.1 Å². The Kier molecular flexibility index (Phi) is 8.10. The SMILES string of the molecule is Cc1cnc(Cl)nc1-c1ccc(N(Cc2cccc(CN3CCCCC3)c2)C(=O)c2ccc(O)cc2O)cc1. The maximum Gasteiger partial charge on any atom is 0.262 e. The van der Waals surface area contributed by atoms with Gasteiger partial charge in [-0.25, -0.2) is 9.97 Å². The van der Waals surface area contributed by atoms with Crippen molar-refractivity contribution >= 4 is 23.2 Å². The average molecular weight is 543 g/mol. The summed E-state index contributed by atoms with van der Waals surface area (Å²) in [7, 11) is 0. The van der Waals surface area contributed by atoms with Crippen molar-refractivity contribution in [2.24, 2.45) is 0 Å². The molecule has 0 spiro atoms. The predicted molar refractivity (Wildman–Crippen MR) is 153 cm³/mol. The first-order valence-electron chi connectivity index (χ1n) is 13.1. The van der Waals surface area contributed by atoms with E-state index in [1.807, 2.05) is 43.3 Å². The predicted octanol–water partition coefficient (Wildman–Crippen LogP) is 6.35. The third kappa shape index (κ3) is 6.38. The number of piperidine rings is 1. The monoisotopic (exact) mass is 542 g/mol. The van der Waals surface area contributed by atoms with Crippen molar-refractivity contribution in [1.29, 1.82) is 0 Å². The number of carbonyl (C=O) groups excluding carboxylic acids is 1. The van der Waals surface area contributed by atoms with Gasteiger partial charge in [-0.15, -0.1) is 0 Å². The molecule has 0 unspecified atom stereocenters. The van der Waals surface area contributed by atoms with Crippen molar-refractivity contribution in [3.63, 3.8) is 0 Å². The maximum atomic E-state index is 13.8. The van der Waals surface area contributed by atoms with E-state index in [0.717, 1.165) is 42.0 Å². The fraction of sp³-hybridized carbons (Fsp3) is 0.258. The van der Waals surface area contributed by atoms with Crippen LogP contribution in [0.1, 0.15) is 46.3 Å². The van der Waals surface area contributed by atoms with Crippen LogP contribution < -0.4 is 4.90 Å². The molecule has 0 aliphatic carbocycles. The highest BCUT2D eigenvalue weighted by Crippen LogP contribution is 2.30. The Morgan fingerprint density at radius 2 is 1.72 bits per heavy atom. The van der Waals surface area contributed by atoms with E-state index < -0.39 is 0 Å². The molecule has 0 atom stereocenters. The third-order valence-electron chi connectivity index (χ3n) is 7.04. The molecule has 7 nitrogen and oxygen atoms in total. The minimum absolute atomic E-state index is 0.107. The van der Waals surface area contributed by atoms with Gasteiger partial charge >= 0.3 is 0 Å². The zero-order valence-electron chi connectivity index (χ0n) is 21.8. The summed E-state index contributed by atoms with van der Waals surface area (Å²) in [6.45, 7) is 5.33. The summed E-state index contributed by atoms with van der Waals surface area (Å²) in [6.07, 6.45) is 5.43. The Balaban J connectivity index is 1.46. The zero-order valence-corrected chi connectivity index (χ0v) is 22.6. The fourth-order valence-electron chi connectivity index (χ4n) is 5.02. The lowest BCUT2D eigenvalue weighted by Gasteiger charge is -2.27. The number of phenolic OH excluding ortho intramolecular Hbond substituents is 2. The van der Waals surface area contributed by atoms with E-state index >= 15 is 0 Å². The van der Waals surface area contributed by atoms with E-state index in [0.29, 0.717) is 12.2 Å². The van der Waals surface area contributed by atoms with Crippen molar-refractivity contribution in [2.45, 2.75) is 39.3 Å². The van der Waals surface area contributed by atoms with E-state index in [-0.39, 0.29) is 28.3 Å². The van der Waals surface area contributed by atoms with Gasteiger partial charge in [-0.2, -0.15) is 0 Å². The van der Waals surface area contributed by atoms with Crippen LogP contribution in [-0.2, 0) is 13.1 Å². The minimum Gasteiger partial charge on any atom is -0.508 e. The lowest BCUT2D eigenvalue weighted by molar-refractivity contribution is 0.0982. The summed E-state index contributed by atoms with van der Waals surface area (Å²) in [5.74, 6) is -0.751. The van der Waals surface area contributed by atoms with Crippen LogP contribution in [0.15, 0.2) is 72.9 Å². The quantitative estimate of drug-likeness (QED) is 0.264. The summed E-state index contributed by atoms with van der Waals surface area (Å²) in [5.41, 5.74) is 5.43. The molecule has 4 aromatic rings. The lowest BCUT2D eigenvalue weighted by Crippen LogP contribution is -2.31. The van der Waals surface area contributed by atoms with Crippen LogP contribution in [0.5, 0.6) is 11.5 Å². The molecule has 1 amide bonds. The second-order valence-electron chi connectivity index (χ2n) is 9.97. The van der Waals surface area contributed by atoms with E-state index in [2.05, 4.69) is 27.0 Å². The van der Waals surface area contributed by atoms with E-state index in [4.69, 9.17) is 11.6 Å². The Hall–Kier alpha value is -3.94. The van der Waals surface area contributed by atoms with Gasteiger partial charge in [0.1, 0.15) is 11.5 Å². The molecule has 39 heavy (non-hydrogen) atoms. The Morgan fingerprint density at radius 1 is 0.974 bits per heavy atom. The second kappa shape index (κ2) is 11.8. The van der Waals surface area contributed by atoms with Gasteiger partial charge in [0.15, 0.2) is 0 Å². The largest absolute Gasteiger partial charge is 0.508 e. The first kappa shape index (κ1) is 26.7. The van der Waals surface area contributed by atoms with Crippen LogP contribution in [0.4, 0.5) is 5.69 Å². The van der Waals surface area contributed by atoms with Crippen LogP contribution in [-0.4, -0.2) is 44.1 Å². The van der Waals surface area contributed by atoms with Crippen LogP contribution in [0.25, 0.3) is 11.3 Å². The van der Waals surface area contributed by atoms with Gasteiger partial charge in [0.25, 0.3) is 5.91 Å². The number of hydrogen-bond acceptors (Lipinski definition) is 6. The van der Waals surface area contributed by atoms with E-state index in [1.54, 1.807) is 11.1 Å². The van der Waals surface area contributed by atoms with Crippen LogP contribution in [0.3, 0.4) is 0 Å². The smallest absolute Gasteiger partial charge is 0.262 e. The summed E-state index contributed by atoms with van der Waals surface area (Å²) >= 11 is 6.03. The summed E-state index contributed by atoms with van der Waals surface area (Å²) in [6, 6.07) is 19.8. The topological polar surface area (TPSA) is 89.8 Å². The van der Waals surface area contributed by atoms with Crippen molar-refractivity contribution in [3.8, 4) is 22.8 Å². The number of likely N-dealkylation sites (tertiary alicyclic amines) is 1. The van der Waals surface area contributed by atoms with Gasteiger partial charge in [0.2, 0.25) is 5.28 Å². The zero-order chi connectivity index (χ0) is 27.4. The second-order valence-corrected chi connectivity index (χ2v) is 10.3. The van der Waals surface area contributed by atoms with Crippen LogP contribution >= 0.6 is 11.6 Å². The number of aryl methyl sites for hydroxylation is 1. The van der Waals surface area contributed by atoms with Gasteiger partial charge in [-0.05, 0) is 85.4 Å². The highest BCUT2D eigenvalue weighted by Gasteiger charge is 2.22. The number of halogens is 1. The number of aromatic hydroxyl groups is 2. The average Bonchev–Trinajstić information content (AvgIpc) is 2.94. The Morgan fingerprint density at radius 3 is 2.46 bits per heavy atom. The molecular formula is C31H31ClN4O3. The van der Waals surface area contributed by atoms with Gasteiger partial charge in [-0.3, -0.25) is 9.69 Å². The number of benzene rings is 3. The highest BCUT2D eigenvalue weighted by atomic mass is 35.5. The lowest BCUT2D eigenvalue weighted by atomic mass is 10.0. The number of aromatic nitrogens is 2. The van der Waals surface area contributed by atoms with Crippen LogP contribution in [0.2, 0.25) is 5.28 Å². The van der Waals surface area contributed by atoms with Crippen molar-refractivity contribution in [3.05, 3.63) is 100 Å². The summed E-state index contributed by atoms with van der Waals surface area (Å²) in [4.78, 5) is 26.3. The molecule has 1 aromatic heterocycles. The molecule has 3 aromatic carbocycles. The molecule has 2 heterocycles. The molecule has 5 rings (SSSR count). The van der Waals surface area contributed by atoms with E-state index in [9.17, 15) is 15.0 Å². The van der Waals surface area contributed by atoms with Crippen molar-refractivity contribution < 1.29 is 15.0 Å². The normalized spacial score (nSPS) is 13.8. The summed E-state index contributed by atoms with van der Waals surface area (Å²) in [5, 5.41) is 20.4. The molecular weight excluding hydrogens is 512 g/mol. The van der Waals surface area contributed by atoms with Gasteiger partial charge in [0.05, 0.1) is 17.8 Å². The Bertz CT molecular complexity index is 1470. The molecule has 200 valence electrons. The fourth-order valence-corrected chi connectivity index (χ4v) is 5.16. The maximum absolute atomic E-state index is 13.8. The number of phenols is 2. The molecule has 0 radical (unpaired) electrons. The molecule has 0 bridgehead atoms. The summed E-state index contributed by atoms with van der Waals surface area (Å²) < 4.78 is 0. The molecule has 0 saturated carbocycles. The minimum atomic E-state index is -0.372. The van der Waals surface area contributed by atoms with Gasteiger partial charge in [-0.1, -0.05) is 42.8 Å². The van der Waals surface area contributed by atoms with Crippen molar-refractivity contribution in [2.75, 3.05) is 18.0 Å². The number of amides is 1. The first-order valence-corrected chi connectivity index (χ1v) is 13.5. The third-order valence-corrected chi connectivity index (χ3v) is 7.22. The Labute approximate surface area is 233 Å². The highest BCUT2D eigenvalue weighted by molar-refractivity contribution is 6.28. The number of anilines is 1. The number of rotatable bonds is 7. The molecule has 8 heteroatoms. The molecule has 1 saturated heterocycles. The number of hydrogen-bond donors (Lipinski definition) is 2. The number of nitrogens with zero attached hydrogens (tertiary/aromatic N) is 4. The molecule has 1 aliphatic rings. The first-order chi connectivity index (χ1) is 18.9. The van der Waals surface area contributed by atoms with E-state index in [1.165, 1.54) is 43.0 Å². The molecule has 1 aliphatic heterocycles. The molecule has 1 fully saturated rings. The van der Waals surface area contributed by atoms with Crippen LogP contribution in [0, 0.1) is 6.92 Å². The molecule has 2 N–H and O–H groups in total. The van der Waals surface area contributed by atoms with Gasteiger partial charge < -0.3 is 15.1 Å². The van der Waals surface area contributed by atoms with Crippen molar-refractivity contribution in [1.82, 2.24) is 14.9 Å².